The van der Waals surface area contributed by atoms with Crippen molar-refractivity contribution in [3.8, 4) is 11.8 Å². The third kappa shape index (κ3) is 4.09. The number of hydrogen-bond donors (Lipinski definition) is 1. The number of hydrogen-bond acceptors (Lipinski definition) is 4. The number of halogens is 2. The lowest BCUT2D eigenvalue weighted by molar-refractivity contribution is -0.123. The molecule has 1 amide bonds. The zero-order valence-corrected chi connectivity index (χ0v) is 13.8. The van der Waals surface area contributed by atoms with Crippen LogP contribution in [-0.4, -0.2) is 12.5 Å². The highest BCUT2D eigenvalue weighted by Crippen LogP contribution is 2.32. The number of para-hydroxylation sites is 1. The normalized spacial score (nSPS) is 11.5. The van der Waals surface area contributed by atoms with Gasteiger partial charge in [0.15, 0.2) is 12.6 Å². The van der Waals surface area contributed by atoms with Crippen molar-refractivity contribution in [3.05, 3.63) is 51.3 Å². The minimum atomic E-state index is -0.834. The Labute approximate surface area is 138 Å². The highest BCUT2D eigenvalue weighted by molar-refractivity contribution is 9.11. The van der Waals surface area contributed by atoms with Crippen molar-refractivity contribution in [2.45, 2.75) is 6.04 Å². The number of nitrogens with one attached hydrogen (secondary N) is 1. The van der Waals surface area contributed by atoms with Crippen molar-refractivity contribution >= 4 is 37.8 Å². The van der Waals surface area contributed by atoms with Gasteiger partial charge >= 0.3 is 0 Å². The van der Waals surface area contributed by atoms with E-state index in [1.165, 1.54) is 6.26 Å². The Morgan fingerprint density at radius 1 is 1.33 bits per heavy atom. The standard InChI is InChI=1S/C14H10Br2N2O3/c15-9-3-1-4-10(16)14(9)21-8-13(19)18-11(7-17)12-5-2-6-20-12/h1-6,11H,8H2,(H,18,19). The van der Waals surface area contributed by atoms with Gasteiger partial charge in [-0.2, -0.15) is 5.26 Å². The molecule has 0 saturated carbocycles. The molecule has 5 nitrogen and oxygen atoms in total. The van der Waals surface area contributed by atoms with Crippen LogP contribution in [0.2, 0.25) is 0 Å². The molecule has 21 heavy (non-hydrogen) atoms. The molecule has 0 fully saturated rings. The summed E-state index contributed by atoms with van der Waals surface area (Å²) in [5.41, 5.74) is 0. The predicted molar refractivity (Wildman–Crippen MR) is 82.5 cm³/mol. The second kappa shape index (κ2) is 7.29. The fourth-order valence-corrected chi connectivity index (χ4v) is 2.81. The maximum absolute atomic E-state index is 11.8. The number of nitrogens with zero attached hydrogens (tertiary/aromatic N) is 1. The Bertz CT molecular complexity index is 645. The van der Waals surface area contributed by atoms with Gasteiger partial charge in [-0.05, 0) is 56.1 Å². The molecule has 108 valence electrons. The van der Waals surface area contributed by atoms with E-state index < -0.39 is 11.9 Å². The van der Waals surface area contributed by atoms with Crippen molar-refractivity contribution in [2.24, 2.45) is 0 Å². The maximum Gasteiger partial charge on any atom is 0.259 e. The third-order valence-electron chi connectivity index (χ3n) is 2.53. The Balaban J connectivity index is 1.95. The van der Waals surface area contributed by atoms with Crippen LogP contribution in [0.25, 0.3) is 0 Å². The van der Waals surface area contributed by atoms with Gasteiger partial charge in [-0.1, -0.05) is 6.07 Å². The largest absolute Gasteiger partial charge is 0.481 e. The molecule has 1 aromatic carbocycles. The van der Waals surface area contributed by atoms with Crippen LogP contribution in [0.15, 0.2) is 50.0 Å². The lowest BCUT2D eigenvalue weighted by atomic mass is 10.2. The summed E-state index contributed by atoms with van der Waals surface area (Å²) in [4.78, 5) is 11.8. The van der Waals surface area contributed by atoms with Gasteiger partial charge in [-0.15, -0.1) is 0 Å². The number of rotatable bonds is 5. The number of carbonyl (C=O) groups excluding carboxylic acids is 1. The Kier molecular flexibility index (Phi) is 5.42. The van der Waals surface area contributed by atoms with Crippen LogP contribution in [0.4, 0.5) is 0 Å². The van der Waals surface area contributed by atoms with E-state index in [1.54, 1.807) is 24.3 Å². The van der Waals surface area contributed by atoms with Crippen LogP contribution in [0.5, 0.6) is 5.75 Å². The number of ether oxygens (including phenoxy) is 1. The molecule has 1 heterocycles. The van der Waals surface area contributed by atoms with E-state index in [2.05, 4.69) is 37.2 Å². The van der Waals surface area contributed by atoms with Gasteiger partial charge in [0.1, 0.15) is 11.5 Å². The molecule has 0 saturated heterocycles. The first kappa shape index (κ1) is 15.6. The van der Waals surface area contributed by atoms with Crippen LogP contribution in [0, 0.1) is 11.3 Å². The van der Waals surface area contributed by atoms with Gasteiger partial charge in [0.25, 0.3) is 5.91 Å². The fourth-order valence-electron chi connectivity index (χ4n) is 1.58. The van der Waals surface area contributed by atoms with Crippen LogP contribution in [0.1, 0.15) is 11.8 Å². The first-order chi connectivity index (χ1) is 10.1. The minimum Gasteiger partial charge on any atom is -0.481 e. The van der Waals surface area contributed by atoms with Gasteiger partial charge < -0.3 is 14.5 Å². The lowest BCUT2D eigenvalue weighted by Crippen LogP contribution is -2.31. The van der Waals surface area contributed by atoms with E-state index in [-0.39, 0.29) is 6.61 Å². The van der Waals surface area contributed by atoms with Crippen molar-refractivity contribution < 1.29 is 13.9 Å². The van der Waals surface area contributed by atoms with E-state index >= 15 is 0 Å². The number of amides is 1. The van der Waals surface area contributed by atoms with E-state index in [9.17, 15) is 4.79 Å². The molecule has 0 spiro atoms. The Morgan fingerprint density at radius 3 is 2.62 bits per heavy atom. The van der Waals surface area contributed by atoms with E-state index in [1.807, 2.05) is 12.1 Å². The molecule has 1 unspecified atom stereocenters. The fraction of sp³-hybridized carbons (Fsp3) is 0.143. The molecule has 7 heteroatoms. The highest BCUT2D eigenvalue weighted by Gasteiger charge is 2.17. The molecular weight excluding hydrogens is 404 g/mol. The number of nitriles is 1. The quantitative estimate of drug-likeness (QED) is 0.812. The minimum absolute atomic E-state index is 0.208. The van der Waals surface area contributed by atoms with Gasteiger partial charge in [-0.25, -0.2) is 0 Å². The highest BCUT2D eigenvalue weighted by atomic mass is 79.9. The summed E-state index contributed by atoms with van der Waals surface area (Å²) in [7, 11) is 0. The Hall–Kier alpha value is -1.78. The van der Waals surface area contributed by atoms with Gasteiger partial charge in [0, 0.05) is 0 Å². The second-order valence-electron chi connectivity index (χ2n) is 3.98. The summed E-state index contributed by atoms with van der Waals surface area (Å²) < 4.78 is 12.0. The summed E-state index contributed by atoms with van der Waals surface area (Å²) >= 11 is 6.68. The van der Waals surface area contributed by atoms with E-state index in [0.717, 1.165) is 8.95 Å². The van der Waals surface area contributed by atoms with Crippen molar-refractivity contribution in [1.29, 1.82) is 5.26 Å². The number of benzene rings is 1. The molecule has 0 aliphatic rings. The number of furan rings is 1. The first-order valence-corrected chi connectivity index (χ1v) is 7.49. The van der Waals surface area contributed by atoms with Crippen molar-refractivity contribution in [3.63, 3.8) is 0 Å². The topological polar surface area (TPSA) is 75.3 Å². The molecule has 2 rings (SSSR count). The maximum atomic E-state index is 11.8. The molecular formula is C14H10Br2N2O3. The summed E-state index contributed by atoms with van der Waals surface area (Å²) in [6, 6.07) is 9.85. The van der Waals surface area contributed by atoms with Gasteiger partial charge in [0.05, 0.1) is 21.3 Å². The monoisotopic (exact) mass is 412 g/mol. The third-order valence-corrected chi connectivity index (χ3v) is 3.78. The SMILES string of the molecule is N#CC(NC(=O)COc1c(Br)cccc1Br)c1ccco1. The molecule has 1 atom stereocenters. The zero-order chi connectivity index (χ0) is 15.2. The van der Waals surface area contributed by atoms with Crippen molar-refractivity contribution in [1.82, 2.24) is 5.32 Å². The predicted octanol–water partition coefficient (Wildman–Crippen LogP) is 3.56. The van der Waals surface area contributed by atoms with Crippen LogP contribution in [-0.2, 0) is 4.79 Å². The summed E-state index contributed by atoms with van der Waals surface area (Å²) in [5.74, 6) is 0.493. The van der Waals surface area contributed by atoms with E-state index in [0.29, 0.717) is 11.5 Å². The summed E-state index contributed by atoms with van der Waals surface area (Å²) in [6.45, 7) is -0.208. The van der Waals surface area contributed by atoms with Crippen molar-refractivity contribution in [2.75, 3.05) is 6.61 Å². The molecule has 2 aromatic rings. The van der Waals surface area contributed by atoms with Crippen LogP contribution in [0.3, 0.4) is 0 Å². The number of carbonyl (C=O) groups is 1. The molecule has 1 N–H and O–H groups in total. The molecule has 0 aliphatic carbocycles. The smallest absolute Gasteiger partial charge is 0.259 e. The van der Waals surface area contributed by atoms with Crippen LogP contribution < -0.4 is 10.1 Å². The van der Waals surface area contributed by atoms with Gasteiger partial charge in [-0.3, -0.25) is 4.79 Å². The van der Waals surface area contributed by atoms with Gasteiger partial charge in [0.2, 0.25) is 0 Å². The van der Waals surface area contributed by atoms with E-state index in [4.69, 9.17) is 14.4 Å². The average molecular weight is 414 g/mol. The molecule has 1 aromatic heterocycles. The molecule has 0 bridgehead atoms. The summed E-state index contributed by atoms with van der Waals surface area (Å²) in [5, 5.41) is 11.6. The Morgan fingerprint density at radius 2 is 2.05 bits per heavy atom. The lowest BCUT2D eigenvalue weighted by Gasteiger charge is -2.12. The second-order valence-corrected chi connectivity index (χ2v) is 5.69. The average Bonchev–Trinajstić information content (AvgIpc) is 2.98. The summed E-state index contributed by atoms with van der Waals surface area (Å²) in [6.07, 6.45) is 1.44. The molecule has 0 aliphatic heterocycles. The zero-order valence-electron chi connectivity index (χ0n) is 10.7. The van der Waals surface area contributed by atoms with Crippen LogP contribution >= 0.6 is 31.9 Å². The first-order valence-electron chi connectivity index (χ1n) is 5.91. The molecule has 0 radical (unpaired) electrons.